The molecule has 0 atom stereocenters. The number of hydrogen-bond donors (Lipinski definition) is 2. The number of anilines is 1. The zero-order chi connectivity index (χ0) is 27.4. The monoisotopic (exact) mass is 534 g/mol. The Hall–Kier alpha value is -3.86. The summed E-state index contributed by atoms with van der Waals surface area (Å²) in [4.78, 5) is 39.4. The molecule has 0 spiro atoms. The highest BCUT2D eigenvalue weighted by atomic mass is 32.1. The number of ketones is 1. The molecule has 0 unspecified atom stereocenters. The maximum atomic E-state index is 12.9. The van der Waals surface area contributed by atoms with Crippen molar-refractivity contribution >= 4 is 40.9 Å². The number of thiazole rings is 1. The summed E-state index contributed by atoms with van der Waals surface area (Å²) >= 11 is 1.14. The van der Waals surface area contributed by atoms with Gasteiger partial charge in [-0.25, -0.2) is 0 Å². The van der Waals surface area contributed by atoms with Gasteiger partial charge in [0.25, 0.3) is 11.5 Å². The van der Waals surface area contributed by atoms with E-state index in [1.54, 1.807) is 45.0 Å². The molecule has 37 heavy (non-hydrogen) atoms. The van der Waals surface area contributed by atoms with Gasteiger partial charge >= 0.3 is 6.18 Å². The van der Waals surface area contributed by atoms with Crippen LogP contribution in [-0.4, -0.2) is 30.4 Å². The van der Waals surface area contributed by atoms with E-state index in [1.165, 1.54) is 25.3 Å². The van der Waals surface area contributed by atoms with Crippen LogP contribution < -0.4 is 29.5 Å². The number of aromatic amines is 1. The van der Waals surface area contributed by atoms with Crippen molar-refractivity contribution in [1.82, 2.24) is 4.98 Å². The SMILES string of the molecule is COc1cc(/C=c2/s/c(=C/C(=O)C(C)(C)C)[nH]c2=O)ccc1OCC(=O)Nc1cccc(C(F)(F)F)c1. The summed E-state index contributed by atoms with van der Waals surface area (Å²) in [5.74, 6) is -0.264. The van der Waals surface area contributed by atoms with Crippen molar-refractivity contribution in [2.45, 2.75) is 26.9 Å². The van der Waals surface area contributed by atoms with Crippen LogP contribution in [0.2, 0.25) is 0 Å². The number of H-pyrrole nitrogens is 1. The van der Waals surface area contributed by atoms with Crippen molar-refractivity contribution in [2.24, 2.45) is 5.41 Å². The predicted molar refractivity (Wildman–Crippen MR) is 135 cm³/mol. The minimum atomic E-state index is -4.53. The van der Waals surface area contributed by atoms with Crippen molar-refractivity contribution in [3.63, 3.8) is 0 Å². The van der Waals surface area contributed by atoms with Gasteiger partial charge < -0.3 is 19.8 Å². The predicted octanol–water partition coefficient (Wildman–Crippen LogP) is 3.71. The van der Waals surface area contributed by atoms with E-state index in [0.29, 0.717) is 14.8 Å². The van der Waals surface area contributed by atoms with E-state index in [9.17, 15) is 27.6 Å². The Morgan fingerprint density at radius 2 is 1.81 bits per heavy atom. The summed E-state index contributed by atoms with van der Waals surface area (Å²) < 4.78 is 50.2. The average Bonchev–Trinajstić information content (AvgIpc) is 3.15. The summed E-state index contributed by atoms with van der Waals surface area (Å²) in [5, 5.41) is 2.36. The smallest absolute Gasteiger partial charge is 0.416 e. The van der Waals surface area contributed by atoms with Crippen LogP contribution in [0, 0.1) is 5.41 Å². The van der Waals surface area contributed by atoms with Gasteiger partial charge in [0.2, 0.25) is 0 Å². The molecule has 0 aliphatic carbocycles. The summed E-state index contributed by atoms with van der Waals surface area (Å²) in [6.07, 6.45) is -1.50. The van der Waals surface area contributed by atoms with Gasteiger partial charge in [0.05, 0.1) is 21.9 Å². The molecule has 7 nitrogen and oxygen atoms in total. The third-order valence-corrected chi connectivity index (χ3v) is 5.96. The number of hydrogen-bond acceptors (Lipinski definition) is 6. The fourth-order valence-corrected chi connectivity index (χ4v) is 3.90. The van der Waals surface area contributed by atoms with E-state index in [0.717, 1.165) is 23.5 Å². The highest BCUT2D eigenvalue weighted by Crippen LogP contribution is 2.31. The second kappa shape index (κ2) is 11.0. The molecule has 3 rings (SSSR count). The molecule has 0 aliphatic heterocycles. The van der Waals surface area contributed by atoms with E-state index in [4.69, 9.17) is 9.47 Å². The highest BCUT2D eigenvalue weighted by Gasteiger charge is 2.30. The van der Waals surface area contributed by atoms with Crippen molar-refractivity contribution < 1.29 is 32.2 Å². The minimum absolute atomic E-state index is 0.0117. The molecule has 0 saturated carbocycles. The molecule has 2 aromatic carbocycles. The Morgan fingerprint density at radius 1 is 1.08 bits per heavy atom. The quantitative estimate of drug-likeness (QED) is 0.482. The first kappa shape index (κ1) is 27.7. The zero-order valence-corrected chi connectivity index (χ0v) is 21.3. The maximum Gasteiger partial charge on any atom is 0.416 e. The largest absolute Gasteiger partial charge is 0.493 e. The Morgan fingerprint density at radius 3 is 2.46 bits per heavy atom. The first-order chi connectivity index (χ1) is 17.3. The van der Waals surface area contributed by atoms with Crippen molar-refractivity contribution in [3.05, 3.63) is 73.1 Å². The number of rotatable bonds is 7. The molecule has 0 aliphatic rings. The number of alkyl halides is 3. The zero-order valence-electron chi connectivity index (χ0n) is 20.5. The number of carbonyl (C=O) groups is 2. The Balaban J connectivity index is 1.74. The van der Waals surface area contributed by atoms with Gasteiger partial charge in [-0.2, -0.15) is 13.2 Å². The van der Waals surface area contributed by atoms with Crippen LogP contribution in [0.5, 0.6) is 11.5 Å². The number of aromatic nitrogens is 1. The summed E-state index contributed by atoms with van der Waals surface area (Å²) in [5.41, 5.74) is -1.20. The van der Waals surface area contributed by atoms with Gasteiger partial charge in [-0.3, -0.25) is 14.4 Å². The fraction of sp³-hybridized carbons (Fsp3) is 0.269. The molecular weight excluding hydrogens is 509 g/mol. The van der Waals surface area contributed by atoms with Gasteiger partial charge in [0, 0.05) is 17.2 Å². The van der Waals surface area contributed by atoms with Gasteiger partial charge in [0.15, 0.2) is 23.9 Å². The van der Waals surface area contributed by atoms with E-state index < -0.39 is 29.7 Å². The molecule has 1 amide bonds. The number of benzene rings is 2. The summed E-state index contributed by atoms with van der Waals surface area (Å²) in [7, 11) is 1.40. The molecule has 11 heteroatoms. The number of nitrogens with one attached hydrogen (secondary N) is 2. The Kier molecular flexibility index (Phi) is 8.27. The Labute approximate surface area is 214 Å². The topological polar surface area (TPSA) is 97.5 Å². The lowest BCUT2D eigenvalue weighted by Gasteiger charge is -2.12. The number of ether oxygens (including phenoxy) is 2. The molecule has 1 heterocycles. The lowest BCUT2D eigenvalue weighted by molar-refractivity contribution is -0.137. The molecule has 0 fully saturated rings. The number of methoxy groups -OCH3 is 1. The fourth-order valence-electron chi connectivity index (χ4n) is 3.02. The van der Waals surface area contributed by atoms with Crippen LogP contribution >= 0.6 is 11.3 Å². The standard InChI is InChI=1S/C26H25F3N2O5S/c1-25(2,3)21(32)13-23-31-24(34)20(37-23)11-15-8-9-18(19(10-15)35-4)36-14-22(33)30-17-7-5-6-16(12-17)26(27,28)29/h5-13H,14H2,1-4H3,(H,30,33)(H,31,34)/b20-11+,23-13+. The molecule has 3 aromatic rings. The third kappa shape index (κ3) is 7.56. The second-order valence-electron chi connectivity index (χ2n) is 9.01. The molecule has 0 bridgehead atoms. The normalized spacial score (nSPS) is 12.9. The van der Waals surface area contributed by atoms with Crippen LogP contribution in [0.3, 0.4) is 0 Å². The van der Waals surface area contributed by atoms with Crippen LogP contribution in [0.15, 0.2) is 47.3 Å². The van der Waals surface area contributed by atoms with Crippen LogP contribution in [0.25, 0.3) is 12.2 Å². The highest BCUT2D eigenvalue weighted by molar-refractivity contribution is 7.07. The minimum Gasteiger partial charge on any atom is -0.493 e. The lowest BCUT2D eigenvalue weighted by atomic mass is 9.91. The van der Waals surface area contributed by atoms with Crippen molar-refractivity contribution in [3.8, 4) is 11.5 Å². The van der Waals surface area contributed by atoms with Crippen molar-refractivity contribution in [2.75, 3.05) is 19.0 Å². The number of halogens is 3. The van der Waals surface area contributed by atoms with E-state index in [2.05, 4.69) is 10.3 Å². The van der Waals surface area contributed by atoms with E-state index >= 15 is 0 Å². The molecular formula is C26H25F3N2O5S. The van der Waals surface area contributed by atoms with Crippen molar-refractivity contribution in [1.29, 1.82) is 0 Å². The third-order valence-electron chi connectivity index (χ3n) is 5.00. The Bertz CT molecular complexity index is 1480. The molecule has 2 N–H and O–H groups in total. The van der Waals surface area contributed by atoms with Gasteiger partial charge in [-0.05, 0) is 42.0 Å². The van der Waals surface area contributed by atoms with E-state index in [1.807, 2.05) is 0 Å². The number of Topliss-reactive ketones (excluding diaryl/α,β-unsaturated/α-hetero) is 1. The van der Waals surface area contributed by atoms with Crippen LogP contribution in [0.1, 0.15) is 31.9 Å². The van der Waals surface area contributed by atoms with Gasteiger partial charge in [-0.1, -0.05) is 32.9 Å². The number of carbonyl (C=O) groups excluding carboxylic acids is 2. The molecule has 196 valence electrons. The average molecular weight is 535 g/mol. The van der Waals surface area contributed by atoms with E-state index in [-0.39, 0.29) is 28.5 Å². The number of amides is 1. The summed E-state index contributed by atoms with van der Waals surface area (Å²) in [6.45, 7) is 4.89. The van der Waals surface area contributed by atoms with Crippen LogP contribution in [-0.2, 0) is 15.8 Å². The molecule has 0 saturated heterocycles. The van der Waals surface area contributed by atoms with Gasteiger partial charge in [0.1, 0.15) is 0 Å². The van der Waals surface area contributed by atoms with Gasteiger partial charge in [-0.15, -0.1) is 11.3 Å². The summed E-state index contributed by atoms with van der Waals surface area (Å²) in [6, 6.07) is 9.06. The lowest BCUT2D eigenvalue weighted by Crippen LogP contribution is -2.22. The molecule has 1 aromatic heterocycles. The maximum absolute atomic E-state index is 12.9. The molecule has 0 radical (unpaired) electrons. The second-order valence-corrected chi connectivity index (χ2v) is 10.1. The first-order valence-corrected chi connectivity index (χ1v) is 11.8. The van der Waals surface area contributed by atoms with Crippen LogP contribution in [0.4, 0.5) is 18.9 Å². The first-order valence-electron chi connectivity index (χ1n) is 11.0.